The molecule has 0 radical (unpaired) electrons. The fourth-order valence-corrected chi connectivity index (χ4v) is 6.09. The molecule has 3 aromatic carbocycles. The predicted molar refractivity (Wildman–Crippen MR) is 119 cm³/mol. The van der Waals surface area contributed by atoms with Crippen LogP contribution in [0, 0.1) is 13.8 Å². The fourth-order valence-electron chi connectivity index (χ4n) is 3.17. The number of benzene rings is 3. The normalized spacial score (nSPS) is 14.2. The van der Waals surface area contributed by atoms with Gasteiger partial charge in [-0.1, -0.05) is 65.7 Å². The van der Waals surface area contributed by atoms with Crippen LogP contribution in [0.2, 0.25) is 0 Å². The second-order valence-corrected chi connectivity index (χ2v) is 11.4. The molecule has 0 aromatic heterocycles. The van der Waals surface area contributed by atoms with E-state index in [9.17, 15) is 16.8 Å². The van der Waals surface area contributed by atoms with Gasteiger partial charge in [-0.3, -0.25) is 0 Å². The number of aryl methyl sites for hydroxylation is 2. The molecule has 3 aromatic rings. The average molecular weight is 444 g/mol. The van der Waals surface area contributed by atoms with Gasteiger partial charge in [-0.15, -0.1) is 0 Å². The van der Waals surface area contributed by atoms with E-state index in [2.05, 4.69) is 4.72 Å². The molecule has 1 N–H and O–H groups in total. The summed E-state index contributed by atoms with van der Waals surface area (Å²) in [7, 11) is -7.72. The molecule has 0 heterocycles. The van der Waals surface area contributed by atoms with Crippen molar-refractivity contribution in [3.05, 3.63) is 95.6 Å². The van der Waals surface area contributed by atoms with Crippen LogP contribution in [0.1, 0.15) is 29.7 Å². The van der Waals surface area contributed by atoms with Crippen LogP contribution >= 0.6 is 0 Å². The summed E-state index contributed by atoms with van der Waals surface area (Å²) in [5.74, 6) is 0. The molecule has 0 amide bonds. The van der Waals surface area contributed by atoms with Crippen LogP contribution in [0.3, 0.4) is 0 Å². The van der Waals surface area contributed by atoms with Crippen LogP contribution in [0.15, 0.2) is 88.7 Å². The molecule has 0 spiro atoms. The van der Waals surface area contributed by atoms with Gasteiger partial charge in [-0.2, -0.15) is 0 Å². The van der Waals surface area contributed by atoms with E-state index in [1.807, 2.05) is 13.8 Å². The second-order valence-electron chi connectivity index (χ2n) is 7.39. The molecule has 0 saturated heterocycles. The first-order valence-electron chi connectivity index (χ1n) is 9.56. The number of sulfonamides is 1. The Balaban J connectivity index is 2.03. The Morgan fingerprint density at radius 1 is 0.667 bits per heavy atom. The third-order valence-electron chi connectivity index (χ3n) is 5.08. The Bertz CT molecular complexity index is 1200. The van der Waals surface area contributed by atoms with E-state index < -0.39 is 31.2 Å². The van der Waals surface area contributed by atoms with Crippen molar-refractivity contribution in [2.45, 2.75) is 41.9 Å². The van der Waals surface area contributed by atoms with Crippen molar-refractivity contribution >= 4 is 19.9 Å². The minimum atomic E-state index is -3.93. The number of sulfone groups is 1. The minimum Gasteiger partial charge on any atom is -0.223 e. The Morgan fingerprint density at radius 3 is 1.63 bits per heavy atom. The van der Waals surface area contributed by atoms with E-state index in [1.165, 1.54) is 19.1 Å². The number of nitrogens with one attached hydrogen (secondary N) is 1. The Labute approximate surface area is 178 Å². The van der Waals surface area contributed by atoms with Gasteiger partial charge in [0.2, 0.25) is 10.0 Å². The Morgan fingerprint density at radius 2 is 1.13 bits per heavy atom. The lowest BCUT2D eigenvalue weighted by molar-refractivity contribution is 0.531. The van der Waals surface area contributed by atoms with E-state index in [0.717, 1.165) is 11.1 Å². The smallest absolute Gasteiger partial charge is 0.223 e. The summed E-state index contributed by atoms with van der Waals surface area (Å²) in [6.07, 6.45) is 0. The van der Waals surface area contributed by atoms with E-state index in [4.69, 9.17) is 0 Å². The monoisotopic (exact) mass is 443 g/mol. The lowest BCUT2D eigenvalue weighted by Gasteiger charge is -2.26. The molecule has 0 aliphatic rings. The van der Waals surface area contributed by atoms with Crippen molar-refractivity contribution in [1.82, 2.24) is 4.72 Å². The lowest BCUT2D eigenvalue weighted by Crippen LogP contribution is -2.38. The minimum absolute atomic E-state index is 0.0916. The summed E-state index contributed by atoms with van der Waals surface area (Å²) in [5, 5.41) is -1.03. The van der Waals surface area contributed by atoms with Crippen molar-refractivity contribution in [1.29, 1.82) is 0 Å². The predicted octanol–water partition coefficient (Wildman–Crippen LogP) is 4.19. The maximum Gasteiger partial charge on any atom is 0.241 e. The zero-order valence-corrected chi connectivity index (χ0v) is 18.7. The molecule has 0 unspecified atom stereocenters. The molecular weight excluding hydrogens is 418 g/mol. The van der Waals surface area contributed by atoms with Gasteiger partial charge in [0.05, 0.1) is 21.1 Å². The highest BCUT2D eigenvalue weighted by Gasteiger charge is 2.35. The second kappa shape index (κ2) is 8.71. The summed E-state index contributed by atoms with van der Waals surface area (Å²) < 4.78 is 55.3. The van der Waals surface area contributed by atoms with E-state index >= 15 is 0 Å². The topological polar surface area (TPSA) is 80.3 Å². The summed E-state index contributed by atoms with van der Waals surface area (Å²) >= 11 is 0. The average Bonchev–Trinajstić information content (AvgIpc) is 2.73. The summed E-state index contributed by atoms with van der Waals surface area (Å²) in [5.41, 5.74) is 2.46. The Kier molecular flexibility index (Phi) is 6.45. The van der Waals surface area contributed by atoms with Crippen molar-refractivity contribution in [3.8, 4) is 0 Å². The highest BCUT2D eigenvalue weighted by atomic mass is 32.2. The molecule has 0 bridgehead atoms. The SMILES string of the molecule is Cc1ccc(S(=O)(=O)N[C@@H](c2ccccc2)[C@H](C)S(=O)(=O)c2ccc(C)cc2)cc1. The van der Waals surface area contributed by atoms with Gasteiger partial charge in [-0.25, -0.2) is 21.6 Å². The number of hydrogen-bond acceptors (Lipinski definition) is 4. The van der Waals surface area contributed by atoms with Crippen molar-refractivity contribution in [2.75, 3.05) is 0 Å². The van der Waals surface area contributed by atoms with Crippen LogP contribution in [-0.4, -0.2) is 22.1 Å². The van der Waals surface area contributed by atoms with E-state index in [-0.39, 0.29) is 9.79 Å². The first-order chi connectivity index (χ1) is 14.1. The van der Waals surface area contributed by atoms with Crippen LogP contribution < -0.4 is 4.72 Å². The molecule has 0 fully saturated rings. The highest BCUT2D eigenvalue weighted by Crippen LogP contribution is 2.29. The maximum absolute atomic E-state index is 13.3. The van der Waals surface area contributed by atoms with Gasteiger partial charge in [0.15, 0.2) is 9.84 Å². The van der Waals surface area contributed by atoms with Gasteiger partial charge in [0.1, 0.15) is 0 Å². The molecule has 0 aliphatic carbocycles. The highest BCUT2D eigenvalue weighted by molar-refractivity contribution is 7.92. The first kappa shape index (κ1) is 22.2. The quantitative estimate of drug-likeness (QED) is 0.594. The van der Waals surface area contributed by atoms with E-state index in [0.29, 0.717) is 5.56 Å². The number of rotatable bonds is 7. The first-order valence-corrected chi connectivity index (χ1v) is 12.6. The summed E-state index contributed by atoms with van der Waals surface area (Å²) in [6, 6.07) is 20.8. The van der Waals surface area contributed by atoms with Gasteiger partial charge < -0.3 is 0 Å². The molecule has 0 aliphatic heterocycles. The van der Waals surface area contributed by atoms with Gasteiger partial charge in [0, 0.05) is 0 Å². The molecular formula is C23H25NO4S2. The van der Waals surface area contributed by atoms with Crippen LogP contribution in [0.4, 0.5) is 0 Å². The number of hydrogen-bond donors (Lipinski definition) is 1. The largest absolute Gasteiger partial charge is 0.241 e. The molecule has 158 valence electrons. The van der Waals surface area contributed by atoms with Crippen molar-refractivity contribution in [3.63, 3.8) is 0 Å². The zero-order valence-electron chi connectivity index (χ0n) is 17.1. The standard InChI is InChI=1S/C23H25NO4S2/c1-17-9-13-21(14-10-17)29(25,26)19(3)23(20-7-5-4-6-8-20)24-30(27,28)22-15-11-18(2)12-16-22/h4-16,19,23-24H,1-3H3/t19-,23+/m0/s1. The van der Waals surface area contributed by atoms with Crippen LogP contribution in [-0.2, 0) is 19.9 Å². The third kappa shape index (κ3) is 4.80. The molecule has 3 rings (SSSR count). The van der Waals surface area contributed by atoms with Crippen molar-refractivity contribution < 1.29 is 16.8 Å². The molecule has 5 nitrogen and oxygen atoms in total. The molecule has 30 heavy (non-hydrogen) atoms. The zero-order chi connectivity index (χ0) is 21.9. The van der Waals surface area contributed by atoms with Crippen molar-refractivity contribution in [2.24, 2.45) is 0 Å². The van der Waals surface area contributed by atoms with Crippen LogP contribution in [0.25, 0.3) is 0 Å². The maximum atomic E-state index is 13.3. The molecule has 7 heteroatoms. The fraction of sp³-hybridized carbons (Fsp3) is 0.217. The summed E-state index contributed by atoms with van der Waals surface area (Å²) in [4.78, 5) is 0.255. The molecule has 0 saturated carbocycles. The lowest BCUT2D eigenvalue weighted by atomic mass is 10.1. The van der Waals surface area contributed by atoms with Gasteiger partial charge >= 0.3 is 0 Å². The van der Waals surface area contributed by atoms with Crippen LogP contribution in [0.5, 0.6) is 0 Å². The third-order valence-corrected chi connectivity index (χ3v) is 8.72. The van der Waals surface area contributed by atoms with Gasteiger partial charge in [-0.05, 0) is 50.6 Å². The molecule has 2 atom stereocenters. The Hall–Kier alpha value is -2.48. The summed E-state index contributed by atoms with van der Waals surface area (Å²) in [6.45, 7) is 5.28. The van der Waals surface area contributed by atoms with Gasteiger partial charge in [0.25, 0.3) is 0 Å². The van der Waals surface area contributed by atoms with E-state index in [1.54, 1.807) is 66.7 Å².